The van der Waals surface area contributed by atoms with E-state index in [1.54, 1.807) is 77.5 Å². The number of carbonyl (C=O) groups excluding carboxylic acids is 1. The van der Waals surface area contributed by atoms with Crippen molar-refractivity contribution >= 4 is 51.7 Å². The molecule has 5 rings (SSSR count). The highest BCUT2D eigenvalue weighted by atomic mass is 35.5. The van der Waals surface area contributed by atoms with Gasteiger partial charge in [-0.05, 0) is 47.3 Å². The van der Waals surface area contributed by atoms with E-state index >= 15 is 0 Å². The van der Waals surface area contributed by atoms with E-state index in [2.05, 4.69) is 16.5 Å². The van der Waals surface area contributed by atoms with E-state index in [0.29, 0.717) is 34.2 Å². The number of nitriles is 1. The Morgan fingerprint density at radius 2 is 2.00 bits per heavy atom. The van der Waals surface area contributed by atoms with Gasteiger partial charge in [-0.25, -0.2) is 0 Å². The van der Waals surface area contributed by atoms with Crippen molar-refractivity contribution in [2.24, 2.45) is 0 Å². The summed E-state index contributed by atoms with van der Waals surface area (Å²) in [6.07, 6.45) is 1.68. The standard InChI is InChI=1S/C29H25ClN6O3S2/c1-34(2)26-22(10-11-35(29(26)39)16-21-7-4-12-40-21)25-23(14-31)27(32-15-20-8-9-24(30)41-20)36(33-25)28(38)19-6-3-5-18(13-19)17-37/h3-13,32,37H,15-17H2,1-2H3. The number of anilines is 2. The predicted octanol–water partition coefficient (Wildman–Crippen LogP) is 5.27. The van der Waals surface area contributed by atoms with E-state index < -0.39 is 5.91 Å². The first-order valence-corrected chi connectivity index (χ1v) is 14.6. The van der Waals surface area contributed by atoms with Crippen LogP contribution < -0.4 is 15.8 Å². The maximum absolute atomic E-state index is 13.8. The lowest BCUT2D eigenvalue weighted by molar-refractivity contribution is 0.0947. The van der Waals surface area contributed by atoms with Crippen molar-refractivity contribution in [1.29, 1.82) is 5.26 Å². The number of pyridine rings is 1. The number of aromatic nitrogens is 3. The van der Waals surface area contributed by atoms with E-state index in [9.17, 15) is 20.0 Å². The third-order valence-corrected chi connectivity index (χ3v) is 8.45. The summed E-state index contributed by atoms with van der Waals surface area (Å²) in [4.78, 5) is 31.0. The summed E-state index contributed by atoms with van der Waals surface area (Å²) in [5.41, 5.74) is 1.71. The first kappa shape index (κ1) is 28.3. The van der Waals surface area contributed by atoms with Crippen molar-refractivity contribution in [1.82, 2.24) is 14.3 Å². The molecule has 0 spiro atoms. The Bertz CT molecular complexity index is 1810. The van der Waals surface area contributed by atoms with Crippen LogP contribution in [-0.2, 0) is 19.7 Å². The molecular formula is C29H25ClN6O3S2. The molecular weight excluding hydrogens is 580 g/mol. The van der Waals surface area contributed by atoms with Gasteiger partial charge in [-0.2, -0.15) is 15.0 Å². The number of hydrogen-bond acceptors (Lipinski definition) is 9. The quantitative estimate of drug-likeness (QED) is 0.235. The van der Waals surface area contributed by atoms with Crippen LogP contribution in [0.3, 0.4) is 0 Å². The van der Waals surface area contributed by atoms with Crippen molar-refractivity contribution in [3.8, 4) is 17.3 Å². The zero-order valence-electron chi connectivity index (χ0n) is 22.2. The molecule has 0 radical (unpaired) electrons. The summed E-state index contributed by atoms with van der Waals surface area (Å²) in [7, 11) is 3.51. The summed E-state index contributed by atoms with van der Waals surface area (Å²) < 4.78 is 3.38. The molecule has 5 aromatic rings. The fourth-order valence-corrected chi connectivity index (χ4v) is 6.18. The lowest BCUT2D eigenvalue weighted by Gasteiger charge is -2.18. The van der Waals surface area contributed by atoms with E-state index in [0.717, 1.165) is 14.4 Å². The molecule has 0 saturated carbocycles. The fourth-order valence-electron chi connectivity index (χ4n) is 4.45. The number of hydrogen-bond donors (Lipinski definition) is 2. The largest absolute Gasteiger partial charge is 0.392 e. The summed E-state index contributed by atoms with van der Waals surface area (Å²) in [5, 5.41) is 29.7. The maximum Gasteiger partial charge on any atom is 0.280 e. The minimum atomic E-state index is -0.493. The second-order valence-electron chi connectivity index (χ2n) is 9.30. The zero-order valence-corrected chi connectivity index (χ0v) is 24.6. The number of nitrogens with zero attached hydrogens (tertiary/aromatic N) is 5. The van der Waals surface area contributed by atoms with Crippen LogP contribution in [0.25, 0.3) is 11.3 Å². The third-order valence-electron chi connectivity index (χ3n) is 6.35. The molecule has 208 valence electrons. The van der Waals surface area contributed by atoms with Crippen molar-refractivity contribution < 1.29 is 9.90 Å². The normalized spacial score (nSPS) is 10.9. The molecule has 4 heterocycles. The molecule has 2 N–H and O–H groups in total. The molecule has 41 heavy (non-hydrogen) atoms. The SMILES string of the molecule is CN(C)c1c(-c2nn(C(=O)c3cccc(CO)c3)c(NCc3ccc(Cl)s3)c2C#N)ccn(Cc2cccs2)c1=O. The number of halogens is 1. The van der Waals surface area contributed by atoms with Crippen molar-refractivity contribution in [2.45, 2.75) is 19.7 Å². The molecule has 0 atom stereocenters. The van der Waals surface area contributed by atoms with Gasteiger partial charge in [0.05, 0.1) is 24.0 Å². The number of aliphatic hydroxyl groups excluding tert-OH is 1. The number of benzene rings is 1. The van der Waals surface area contributed by atoms with Crippen LogP contribution in [-0.4, -0.2) is 39.5 Å². The van der Waals surface area contributed by atoms with Crippen LogP contribution >= 0.6 is 34.3 Å². The lowest BCUT2D eigenvalue weighted by atomic mass is 10.1. The number of rotatable bonds is 9. The van der Waals surface area contributed by atoms with Crippen LogP contribution in [0.1, 0.15) is 31.2 Å². The second kappa shape index (κ2) is 12.1. The highest BCUT2D eigenvalue weighted by Gasteiger charge is 2.27. The van der Waals surface area contributed by atoms with E-state index in [4.69, 9.17) is 11.6 Å². The van der Waals surface area contributed by atoms with Gasteiger partial charge in [0.2, 0.25) is 0 Å². The number of aliphatic hydroxyl groups is 1. The van der Waals surface area contributed by atoms with Crippen molar-refractivity contribution in [2.75, 3.05) is 24.3 Å². The summed E-state index contributed by atoms with van der Waals surface area (Å²) >= 11 is 9.04. The predicted molar refractivity (Wildman–Crippen MR) is 163 cm³/mol. The van der Waals surface area contributed by atoms with Crippen molar-refractivity contribution in [3.05, 3.63) is 107 Å². The minimum Gasteiger partial charge on any atom is -0.392 e. The topological polar surface area (TPSA) is 116 Å². The summed E-state index contributed by atoms with van der Waals surface area (Å²) in [6, 6.07) is 18.1. The third kappa shape index (κ3) is 5.82. The Kier molecular flexibility index (Phi) is 8.37. The molecule has 0 saturated heterocycles. The molecule has 0 unspecified atom stereocenters. The van der Waals surface area contributed by atoms with Gasteiger partial charge in [0.1, 0.15) is 23.0 Å². The van der Waals surface area contributed by atoms with Gasteiger partial charge in [0.25, 0.3) is 11.5 Å². The lowest BCUT2D eigenvalue weighted by Crippen LogP contribution is -2.28. The van der Waals surface area contributed by atoms with Gasteiger partial charge < -0.3 is 19.9 Å². The molecule has 0 aliphatic rings. The smallest absolute Gasteiger partial charge is 0.280 e. The average Bonchev–Trinajstić information content (AvgIpc) is 3.72. The molecule has 9 nitrogen and oxygen atoms in total. The summed E-state index contributed by atoms with van der Waals surface area (Å²) in [6.45, 7) is 0.476. The maximum atomic E-state index is 13.8. The molecule has 4 aromatic heterocycles. The molecule has 0 aliphatic heterocycles. The molecule has 1 aromatic carbocycles. The van der Waals surface area contributed by atoms with Crippen molar-refractivity contribution in [3.63, 3.8) is 0 Å². The first-order chi connectivity index (χ1) is 19.8. The molecule has 12 heteroatoms. The number of carbonyl (C=O) groups is 1. The minimum absolute atomic E-state index is 0.123. The van der Waals surface area contributed by atoms with Gasteiger partial charge in [-0.3, -0.25) is 9.59 Å². The van der Waals surface area contributed by atoms with Crippen LogP contribution in [0.4, 0.5) is 11.5 Å². The van der Waals surface area contributed by atoms with Gasteiger partial charge in [0.15, 0.2) is 5.82 Å². The Balaban J connectivity index is 1.66. The summed E-state index contributed by atoms with van der Waals surface area (Å²) in [5.74, 6) is -0.300. The van der Waals surface area contributed by atoms with E-state index in [1.807, 2.05) is 23.6 Å². The zero-order chi connectivity index (χ0) is 29.1. The van der Waals surface area contributed by atoms with Crippen LogP contribution in [0.15, 0.2) is 71.0 Å². The highest BCUT2D eigenvalue weighted by molar-refractivity contribution is 7.16. The second-order valence-corrected chi connectivity index (χ2v) is 12.1. The Labute approximate surface area is 249 Å². The van der Waals surface area contributed by atoms with E-state index in [-0.39, 0.29) is 34.8 Å². The highest BCUT2D eigenvalue weighted by Crippen LogP contribution is 2.34. The Morgan fingerprint density at radius 3 is 2.66 bits per heavy atom. The van der Waals surface area contributed by atoms with Gasteiger partial charge >= 0.3 is 0 Å². The number of thiophene rings is 2. The van der Waals surface area contributed by atoms with Crippen LogP contribution in [0, 0.1) is 11.3 Å². The number of nitrogens with one attached hydrogen (secondary N) is 1. The van der Waals surface area contributed by atoms with Gasteiger partial charge in [-0.15, -0.1) is 22.7 Å². The average molecular weight is 605 g/mol. The monoisotopic (exact) mass is 604 g/mol. The molecule has 0 amide bonds. The van der Waals surface area contributed by atoms with Gasteiger partial charge in [-0.1, -0.05) is 29.8 Å². The molecule has 0 aliphatic carbocycles. The molecule has 0 fully saturated rings. The van der Waals surface area contributed by atoms with Crippen LogP contribution in [0.2, 0.25) is 4.34 Å². The van der Waals surface area contributed by atoms with Crippen LogP contribution in [0.5, 0.6) is 0 Å². The van der Waals surface area contributed by atoms with E-state index in [1.165, 1.54) is 11.3 Å². The Hall–Kier alpha value is -4.21. The Morgan fingerprint density at radius 1 is 1.17 bits per heavy atom. The van der Waals surface area contributed by atoms with Gasteiger partial charge in [0, 0.05) is 41.2 Å². The fraction of sp³-hybridized carbons (Fsp3) is 0.172. The first-order valence-electron chi connectivity index (χ1n) is 12.5. The molecule has 0 bridgehead atoms.